The fraction of sp³-hybridized carbons (Fsp3) is 0.667. The zero-order valence-electron chi connectivity index (χ0n) is 12.6. The van der Waals surface area contributed by atoms with Gasteiger partial charge in [0.25, 0.3) is 0 Å². The number of nitrogens with one attached hydrogen (secondary N) is 3. The molecule has 9 heteroatoms. The Morgan fingerprint density at radius 2 is 1.76 bits per heavy atom. The van der Waals surface area contributed by atoms with E-state index in [1.165, 1.54) is 11.8 Å². The van der Waals surface area contributed by atoms with Crippen molar-refractivity contribution < 1.29 is 8.42 Å². The van der Waals surface area contributed by atoms with E-state index >= 15 is 0 Å². The molecule has 0 fully saturated rings. The summed E-state index contributed by atoms with van der Waals surface area (Å²) in [7, 11) is -3.11. The summed E-state index contributed by atoms with van der Waals surface area (Å²) in [6.45, 7) is 4.01. The van der Waals surface area contributed by atoms with Gasteiger partial charge in [0, 0.05) is 25.7 Å². The normalized spacial score (nSPS) is 11.4. The molecule has 0 unspecified atom stereocenters. The molecule has 0 aliphatic heterocycles. The molecule has 1 aromatic rings. The number of aromatic nitrogens is 2. The molecule has 0 aromatic carbocycles. The summed E-state index contributed by atoms with van der Waals surface area (Å²) in [6, 6.07) is 1.86. The summed E-state index contributed by atoms with van der Waals surface area (Å²) in [6.07, 6.45) is 4.79. The smallest absolute Gasteiger partial charge is 0.208 e. The van der Waals surface area contributed by atoms with Gasteiger partial charge < -0.3 is 10.6 Å². The van der Waals surface area contributed by atoms with Crippen LogP contribution in [-0.2, 0) is 10.0 Å². The van der Waals surface area contributed by atoms with Crippen molar-refractivity contribution in [3.63, 3.8) is 0 Å². The van der Waals surface area contributed by atoms with Gasteiger partial charge in [0.1, 0.15) is 11.6 Å². The minimum Gasteiger partial charge on any atom is -0.370 e. The van der Waals surface area contributed by atoms with Crippen LogP contribution in [-0.4, -0.2) is 50.5 Å². The third kappa shape index (κ3) is 8.08. The van der Waals surface area contributed by atoms with Crippen molar-refractivity contribution in [2.45, 2.75) is 24.9 Å². The number of hydrogen-bond donors (Lipinski definition) is 3. The summed E-state index contributed by atoms with van der Waals surface area (Å²) in [4.78, 5) is 8.74. The highest BCUT2D eigenvalue weighted by Gasteiger charge is 2.04. The first-order valence-electron chi connectivity index (χ1n) is 6.80. The summed E-state index contributed by atoms with van der Waals surface area (Å²) < 4.78 is 24.3. The maximum absolute atomic E-state index is 10.9. The first kappa shape index (κ1) is 18.0. The fourth-order valence-corrected chi connectivity index (χ4v) is 2.41. The van der Waals surface area contributed by atoms with Crippen molar-refractivity contribution in [3.05, 3.63) is 6.07 Å². The van der Waals surface area contributed by atoms with Crippen molar-refractivity contribution in [1.82, 2.24) is 14.7 Å². The maximum atomic E-state index is 10.9. The van der Waals surface area contributed by atoms with Gasteiger partial charge in [-0.15, -0.1) is 0 Å². The number of nitrogens with zero attached hydrogens (tertiary/aromatic N) is 2. The zero-order valence-corrected chi connectivity index (χ0v) is 14.3. The Bertz CT molecular complexity index is 536. The first-order chi connectivity index (χ1) is 9.94. The Morgan fingerprint density at radius 1 is 1.14 bits per heavy atom. The third-order valence-electron chi connectivity index (χ3n) is 2.47. The molecule has 0 spiro atoms. The quantitative estimate of drug-likeness (QED) is 0.338. The molecule has 0 aliphatic carbocycles. The molecule has 0 saturated heterocycles. The molecular formula is C12H23N5O2S2. The van der Waals surface area contributed by atoms with Gasteiger partial charge in [0.2, 0.25) is 10.0 Å². The van der Waals surface area contributed by atoms with Crippen LogP contribution in [0.4, 0.5) is 11.6 Å². The Labute approximate surface area is 130 Å². The molecule has 21 heavy (non-hydrogen) atoms. The van der Waals surface area contributed by atoms with Crippen molar-refractivity contribution >= 4 is 33.4 Å². The number of anilines is 2. The Balaban J connectivity index is 2.49. The second-order valence-corrected chi connectivity index (χ2v) is 7.11. The monoisotopic (exact) mass is 333 g/mol. The highest BCUT2D eigenvalue weighted by Crippen LogP contribution is 2.17. The van der Waals surface area contributed by atoms with Crippen LogP contribution >= 0.6 is 11.8 Å². The minimum absolute atomic E-state index is 0.410. The standard InChI is InChI=1S/C12H23N5O2S2/c1-4-6-13-10-9-11(17-12(16-10)20-2)14-7-5-8-15-21(3,18)19/h9,15H,4-8H2,1-3H3,(H2,13,14,16,17). The van der Waals surface area contributed by atoms with E-state index in [1.54, 1.807) is 0 Å². The van der Waals surface area contributed by atoms with Crippen LogP contribution in [0, 0.1) is 0 Å². The number of sulfonamides is 1. The van der Waals surface area contributed by atoms with Crippen LogP contribution < -0.4 is 15.4 Å². The molecule has 0 aliphatic rings. The molecule has 3 N–H and O–H groups in total. The fourth-order valence-electron chi connectivity index (χ4n) is 1.51. The van der Waals surface area contributed by atoms with Gasteiger partial charge in [-0.2, -0.15) is 0 Å². The van der Waals surface area contributed by atoms with Crippen molar-refractivity contribution in [2.75, 3.05) is 42.8 Å². The lowest BCUT2D eigenvalue weighted by atomic mass is 10.4. The lowest BCUT2D eigenvalue weighted by Crippen LogP contribution is -2.24. The predicted octanol–water partition coefficient (Wildman–Crippen LogP) is 1.37. The van der Waals surface area contributed by atoms with E-state index in [2.05, 4.69) is 32.2 Å². The number of thioether (sulfide) groups is 1. The van der Waals surface area contributed by atoms with Crippen molar-refractivity contribution in [1.29, 1.82) is 0 Å². The lowest BCUT2D eigenvalue weighted by Gasteiger charge is -2.10. The minimum atomic E-state index is -3.11. The second-order valence-electron chi connectivity index (χ2n) is 4.50. The average Bonchev–Trinajstić information content (AvgIpc) is 2.43. The Hall–Kier alpha value is -1.06. The van der Waals surface area contributed by atoms with Gasteiger partial charge in [0.05, 0.1) is 6.26 Å². The molecule has 7 nitrogen and oxygen atoms in total. The summed E-state index contributed by atoms with van der Waals surface area (Å²) in [5.74, 6) is 1.54. The second kappa shape index (κ2) is 9.06. The Kier molecular flexibility index (Phi) is 7.76. The summed E-state index contributed by atoms with van der Waals surface area (Å²) >= 11 is 1.48. The van der Waals surface area contributed by atoms with E-state index in [0.717, 1.165) is 30.9 Å². The molecule has 0 radical (unpaired) electrons. The number of hydrogen-bond acceptors (Lipinski definition) is 7. The third-order valence-corrected chi connectivity index (χ3v) is 3.74. The van der Waals surface area contributed by atoms with E-state index in [-0.39, 0.29) is 0 Å². The van der Waals surface area contributed by atoms with E-state index in [4.69, 9.17) is 0 Å². The van der Waals surface area contributed by atoms with E-state index in [9.17, 15) is 8.42 Å². The average molecular weight is 333 g/mol. The van der Waals surface area contributed by atoms with Gasteiger partial charge in [0.15, 0.2) is 5.16 Å². The van der Waals surface area contributed by atoms with Crippen LogP contribution in [0.5, 0.6) is 0 Å². The van der Waals surface area contributed by atoms with Crippen LogP contribution in [0.15, 0.2) is 11.2 Å². The number of rotatable bonds is 10. The molecule has 0 atom stereocenters. The van der Waals surface area contributed by atoms with Gasteiger partial charge in [-0.3, -0.25) is 0 Å². The zero-order chi connectivity index (χ0) is 15.7. The molecule has 1 heterocycles. The molecule has 120 valence electrons. The first-order valence-corrected chi connectivity index (χ1v) is 9.91. The van der Waals surface area contributed by atoms with Crippen molar-refractivity contribution in [3.8, 4) is 0 Å². The largest absolute Gasteiger partial charge is 0.370 e. The van der Waals surface area contributed by atoms with Gasteiger partial charge in [-0.05, 0) is 19.1 Å². The van der Waals surface area contributed by atoms with Crippen LogP contribution in [0.2, 0.25) is 0 Å². The molecule has 0 saturated carbocycles. The van der Waals surface area contributed by atoms with Crippen LogP contribution in [0.1, 0.15) is 19.8 Å². The van der Waals surface area contributed by atoms with Gasteiger partial charge in [-0.1, -0.05) is 18.7 Å². The summed E-state index contributed by atoms with van der Waals surface area (Å²) in [5.41, 5.74) is 0. The van der Waals surface area contributed by atoms with Gasteiger partial charge >= 0.3 is 0 Å². The lowest BCUT2D eigenvalue weighted by molar-refractivity contribution is 0.586. The van der Waals surface area contributed by atoms with E-state index < -0.39 is 10.0 Å². The molecular weight excluding hydrogens is 310 g/mol. The van der Waals surface area contributed by atoms with Crippen LogP contribution in [0.3, 0.4) is 0 Å². The van der Waals surface area contributed by atoms with Crippen molar-refractivity contribution in [2.24, 2.45) is 0 Å². The molecule has 0 amide bonds. The van der Waals surface area contributed by atoms with E-state index in [0.29, 0.717) is 24.7 Å². The highest BCUT2D eigenvalue weighted by atomic mass is 32.2. The SMILES string of the molecule is CCCNc1cc(NCCCNS(C)(=O)=O)nc(SC)n1. The Morgan fingerprint density at radius 3 is 2.29 bits per heavy atom. The van der Waals surface area contributed by atoms with Crippen LogP contribution in [0.25, 0.3) is 0 Å². The predicted molar refractivity (Wildman–Crippen MR) is 88.5 cm³/mol. The topological polar surface area (TPSA) is 96.0 Å². The molecule has 0 bridgehead atoms. The van der Waals surface area contributed by atoms with E-state index in [1.807, 2.05) is 12.3 Å². The molecule has 1 aromatic heterocycles. The summed E-state index contributed by atoms with van der Waals surface area (Å²) in [5, 5.41) is 7.12. The maximum Gasteiger partial charge on any atom is 0.208 e. The molecule has 1 rings (SSSR count). The van der Waals surface area contributed by atoms with Gasteiger partial charge in [-0.25, -0.2) is 23.1 Å². The highest BCUT2D eigenvalue weighted by molar-refractivity contribution is 7.98.